The topological polar surface area (TPSA) is 78.9 Å². The molecule has 0 spiro atoms. The highest BCUT2D eigenvalue weighted by molar-refractivity contribution is 6.30. The number of rotatable bonds is 10. The van der Waals surface area contributed by atoms with E-state index < -0.39 is 0 Å². The fourth-order valence-corrected chi connectivity index (χ4v) is 2.72. The van der Waals surface area contributed by atoms with Crippen LogP contribution in [0.5, 0.6) is 5.75 Å². The first kappa shape index (κ1) is 23.5. The molecule has 0 aliphatic heterocycles. The number of likely N-dealkylation sites (N-methyl/N-ethyl adjacent to an activating group) is 1. The monoisotopic (exact) mass is 431 g/mol. The van der Waals surface area contributed by atoms with Gasteiger partial charge >= 0.3 is 0 Å². The molecule has 1 amide bonds. The van der Waals surface area contributed by atoms with Crippen LogP contribution in [0, 0.1) is 0 Å². The summed E-state index contributed by atoms with van der Waals surface area (Å²) in [5.74, 6) is 1.28. The summed E-state index contributed by atoms with van der Waals surface area (Å²) in [6.45, 7) is 5.84. The number of hydrogen-bond donors (Lipinski definition) is 2. The van der Waals surface area contributed by atoms with Gasteiger partial charge in [-0.1, -0.05) is 17.7 Å². The third-order valence-electron chi connectivity index (χ3n) is 4.28. The van der Waals surface area contributed by atoms with Gasteiger partial charge in [0.05, 0.1) is 6.54 Å². The summed E-state index contributed by atoms with van der Waals surface area (Å²) in [6, 6.07) is 13.0. The van der Waals surface area contributed by atoms with Crippen LogP contribution in [0.15, 0.2) is 53.7 Å². The van der Waals surface area contributed by atoms with Crippen LogP contribution in [0.2, 0.25) is 5.02 Å². The number of carbonyl (C=O) groups excluding carboxylic acids is 1. The summed E-state index contributed by atoms with van der Waals surface area (Å²) in [6.07, 6.45) is 2.38. The molecular formula is C22H30ClN5O2. The number of ether oxygens (including phenoxy) is 1. The molecule has 0 bridgehead atoms. The molecule has 0 aliphatic rings. The fourth-order valence-electron chi connectivity index (χ4n) is 2.59. The molecule has 0 aliphatic carbocycles. The first-order chi connectivity index (χ1) is 14.5. The highest BCUT2D eigenvalue weighted by atomic mass is 35.5. The van der Waals surface area contributed by atoms with Crippen molar-refractivity contribution in [3.05, 3.63) is 59.4 Å². The van der Waals surface area contributed by atoms with E-state index in [0.717, 1.165) is 11.4 Å². The van der Waals surface area contributed by atoms with Crippen molar-refractivity contribution < 1.29 is 9.53 Å². The minimum Gasteiger partial charge on any atom is -0.489 e. The molecule has 7 nitrogen and oxygen atoms in total. The maximum Gasteiger partial charge on any atom is 0.244 e. The number of halogens is 1. The van der Waals surface area contributed by atoms with Crippen molar-refractivity contribution >= 4 is 23.5 Å². The molecule has 0 fully saturated rings. The molecule has 30 heavy (non-hydrogen) atoms. The number of benzene rings is 1. The maximum absolute atomic E-state index is 12.4. The molecule has 2 aromatic rings. The number of pyridine rings is 1. The zero-order valence-corrected chi connectivity index (χ0v) is 18.5. The van der Waals surface area contributed by atoms with Gasteiger partial charge in [0.1, 0.15) is 18.4 Å². The normalized spacial score (nSPS) is 12.2. The van der Waals surface area contributed by atoms with Crippen LogP contribution in [0.4, 0.5) is 0 Å². The summed E-state index contributed by atoms with van der Waals surface area (Å²) < 4.78 is 5.85. The lowest BCUT2D eigenvalue weighted by molar-refractivity contribution is -0.128. The van der Waals surface area contributed by atoms with Gasteiger partial charge in [0, 0.05) is 43.5 Å². The zero-order chi connectivity index (χ0) is 21.8. The van der Waals surface area contributed by atoms with E-state index in [9.17, 15) is 4.79 Å². The molecule has 162 valence electrons. The third kappa shape index (κ3) is 8.69. The third-order valence-corrected chi connectivity index (χ3v) is 4.53. The van der Waals surface area contributed by atoms with Crippen molar-refractivity contribution in [1.82, 2.24) is 20.5 Å². The van der Waals surface area contributed by atoms with Crippen LogP contribution in [0.1, 0.15) is 19.5 Å². The van der Waals surface area contributed by atoms with E-state index in [-0.39, 0.29) is 18.6 Å². The van der Waals surface area contributed by atoms with E-state index in [1.807, 2.05) is 44.2 Å². The van der Waals surface area contributed by atoms with E-state index >= 15 is 0 Å². The largest absolute Gasteiger partial charge is 0.489 e. The number of hydrogen-bond acceptors (Lipinski definition) is 4. The van der Waals surface area contributed by atoms with Gasteiger partial charge in [-0.15, -0.1) is 0 Å². The minimum atomic E-state index is -0.0909. The van der Waals surface area contributed by atoms with Gasteiger partial charge in [-0.05, 0) is 50.2 Å². The molecule has 0 radical (unpaired) electrons. The van der Waals surface area contributed by atoms with E-state index in [2.05, 4.69) is 20.6 Å². The quantitative estimate of drug-likeness (QED) is 0.446. The lowest BCUT2D eigenvalue weighted by atomic mass is 10.2. The summed E-state index contributed by atoms with van der Waals surface area (Å²) >= 11 is 5.89. The maximum atomic E-state index is 12.4. The highest BCUT2D eigenvalue weighted by Crippen LogP contribution is 2.16. The van der Waals surface area contributed by atoms with Crippen LogP contribution in [-0.4, -0.2) is 61.1 Å². The van der Waals surface area contributed by atoms with Crippen molar-refractivity contribution in [2.45, 2.75) is 26.4 Å². The molecule has 1 aromatic carbocycles. The van der Waals surface area contributed by atoms with Gasteiger partial charge in [0.2, 0.25) is 5.91 Å². The molecule has 8 heteroatoms. The van der Waals surface area contributed by atoms with Crippen molar-refractivity contribution in [2.75, 3.05) is 33.2 Å². The summed E-state index contributed by atoms with van der Waals surface area (Å²) in [5, 5.41) is 7.03. The predicted octanol–water partition coefficient (Wildman–Crippen LogP) is 2.76. The smallest absolute Gasteiger partial charge is 0.244 e. The number of amides is 1. The highest BCUT2D eigenvalue weighted by Gasteiger charge is 2.10. The molecule has 1 atom stereocenters. The number of carbonyl (C=O) groups is 1. The Bertz CT molecular complexity index is 799. The van der Waals surface area contributed by atoms with Crippen LogP contribution >= 0.6 is 11.6 Å². The Morgan fingerprint density at radius 3 is 2.67 bits per heavy atom. The van der Waals surface area contributed by atoms with Crippen molar-refractivity contribution in [2.24, 2.45) is 4.99 Å². The molecular weight excluding hydrogens is 402 g/mol. The molecule has 1 aromatic heterocycles. The Morgan fingerprint density at radius 1 is 1.23 bits per heavy atom. The number of nitrogens with one attached hydrogen (secondary N) is 2. The zero-order valence-electron chi connectivity index (χ0n) is 17.8. The van der Waals surface area contributed by atoms with Crippen LogP contribution in [0.3, 0.4) is 0 Å². The predicted molar refractivity (Wildman–Crippen MR) is 121 cm³/mol. The second-order valence-corrected chi connectivity index (χ2v) is 7.28. The van der Waals surface area contributed by atoms with Gasteiger partial charge in [-0.3, -0.25) is 9.78 Å². The van der Waals surface area contributed by atoms with E-state index in [4.69, 9.17) is 16.3 Å². The van der Waals surface area contributed by atoms with Crippen LogP contribution in [-0.2, 0) is 11.2 Å². The number of nitrogens with zero attached hydrogens (tertiary/aromatic N) is 3. The Labute approximate surface area is 183 Å². The summed E-state index contributed by atoms with van der Waals surface area (Å²) in [4.78, 5) is 22.7. The Morgan fingerprint density at radius 2 is 2.00 bits per heavy atom. The van der Waals surface area contributed by atoms with Crippen LogP contribution < -0.4 is 15.4 Å². The number of aliphatic imine (C=N–C) groups is 1. The van der Waals surface area contributed by atoms with Gasteiger partial charge < -0.3 is 20.3 Å². The standard InChI is InChI=1S/C22H30ClN5O2/c1-4-24-22(26-15-17(2)30-20-10-8-18(23)9-11-20)27-16-21(29)28(3)14-12-19-7-5-6-13-25-19/h5-11,13,17H,4,12,14-16H2,1-3H3,(H2,24,26,27). The molecule has 2 N–H and O–H groups in total. The average Bonchev–Trinajstić information content (AvgIpc) is 2.76. The van der Waals surface area contributed by atoms with Gasteiger partial charge in [-0.25, -0.2) is 4.99 Å². The van der Waals surface area contributed by atoms with Crippen molar-refractivity contribution in [3.63, 3.8) is 0 Å². The van der Waals surface area contributed by atoms with Gasteiger partial charge in [0.25, 0.3) is 0 Å². The second kappa shape index (κ2) is 12.7. The molecule has 1 heterocycles. The summed E-state index contributed by atoms with van der Waals surface area (Å²) in [7, 11) is 1.78. The molecule has 1 unspecified atom stereocenters. The fraction of sp³-hybridized carbons (Fsp3) is 0.409. The van der Waals surface area contributed by atoms with E-state index in [1.54, 1.807) is 30.3 Å². The second-order valence-electron chi connectivity index (χ2n) is 6.84. The number of aromatic nitrogens is 1. The number of guanidine groups is 1. The SMILES string of the molecule is CCNC(=NCC(=O)N(C)CCc1ccccn1)NCC(C)Oc1ccc(Cl)cc1. The summed E-state index contributed by atoms with van der Waals surface area (Å²) in [5.41, 5.74) is 0.963. The lowest BCUT2D eigenvalue weighted by Crippen LogP contribution is -2.42. The van der Waals surface area contributed by atoms with Crippen molar-refractivity contribution in [3.8, 4) is 5.75 Å². The van der Waals surface area contributed by atoms with E-state index in [1.165, 1.54) is 0 Å². The van der Waals surface area contributed by atoms with Crippen molar-refractivity contribution in [1.29, 1.82) is 0 Å². The minimum absolute atomic E-state index is 0.0476. The molecule has 0 saturated heterocycles. The average molecular weight is 432 g/mol. The molecule has 0 saturated carbocycles. The lowest BCUT2D eigenvalue weighted by Gasteiger charge is -2.19. The van der Waals surface area contributed by atoms with Crippen LogP contribution in [0.25, 0.3) is 0 Å². The van der Waals surface area contributed by atoms with Gasteiger partial charge in [0.15, 0.2) is 5.96 Å². The first-order valence-corrected chi connectivity index (χ1v) is 10.4. The van der Waals surface area contributed by atoms with E-state index in [0.29, 0.717) is 37.0 Å². The van der Waals surface area contributed by atoms with Gasteiger partial charge in [-0.2, -0.15) is 0 Å². The molecule has 2 rings (SSSR count). The Hall–Kier alpha value is -2.80. The Balaban J connectivity index is 1.79. The first-order valence-electron chi connectivity index (χ1n) is 10.1. The Kier molecular flexibility index (Phi) is 9.94.